The molecule has 0 radical (unpaired) electrons. The molecule has 1 saturated carbocycles. The summed E-state index contributed by atoms with van der Waals surface area (Å²) < 4.78 is 16.5. The summed E-state index contributed by atoms with van der Waals surface area (Å²) in [6, 6.07) is 8.19. The van der Waals surface area contributed by atoms with Gasteiger partial charge in [0.1, 0.15) is 5.75 Å². The van der Waals surface area contributed by atoms with Crippen molar-refractivity contribution in [3.8, 4) is 5.75 Å². The number of carbonyl (C=O) groups excluding carboxylic acids is 2. The van der Waals surface area contributed by atoms with Crippen molar-refractivity contribution in [3.63, 3.8) is 0 Å². The van der Waals surface area contributed by atoms with Crippen LogP contribution in [0.4, 0.5) is 0 Å². The minimum Gasteiger partial charge on any atom is -0.462 e. The number of esters is 2. The van der Waals surface area contributed by atoms with Gasteiger partial charge in [0, 0.05) is 12.5 Å². The molecule has 0 saturated heterocycles. The predicted octanol–water partition coefficient (Wildman–Crippen LogP) is 7.14. The molecule has 0 heterocycles. The average Bonchev–Trinajstić information content (AvgIpc) is 2.86. The topological polar surface area (TPSA) is 61.8 Å². The van der Waals surface area contributed by atoms with E-state index in [1.807, 2.05) is 12.1 Å². The van der Waals surface area contributed by atoms with Crippen molar-refractivity contribution in [2.24, 2.45) is 5.92 Å². The number of hydrogen-bond donors (Lipinski definition) is 0. The van der Waals surface area contributed by atoms with Crippen LogP contribution in [0.1, 0.15) is 102 Å². The summed E-state index contributed by atoms with van der Waals surface area (Å²) in [6.45, 7) is 8.75. The second-order valence-electron chi connectivity index (χ2n) is 9.39. The normalized spacial score (nSPS) is 18.8. The summed E-state index contributed by atoms with van der Waals surface area (Å²) >= 11 is 0. The molecule has 0 amide bonds. The van der Waals surface area contributed by atoms with Gasteiger partial charge in [-0.1, -0.05) is 64.7 Å². The van der Waals surface area contributed by atoms with Crippen LogP contribution < -0.4 is 4.74 Å². The third-order valence-electron chi connectivity index (χ3n) is 6.67. The molecule has 190 valence electrons. The maximum atomic E-state index is 12.7. The standard InChI is InChI=1S/C29H44O5/c1-4-7-8-9-12-23(11-5-2)24-13-19-27(20-14-24)34-29(31)25-15-17-26(18-16-25)32-21-10-22-33-28(30)6-3/h6,13-14,19-20,23,25-26H,3-5,7-12,15-18,21-22H2,1-2H3. The minimum atomic E-state index is -0.406. The summed E-state index contributed by atoms with van der Waals surface area (Å²) in [7, 11) is 0. The highest BCUT2D eigenvalue weighted by Gasteiger charge is 2.28. The smallest absolute Gasteiger partial charge is 0.330 e. The second-order valence-corrected chi connectivity index (χ2v) is 9.39. The van der Waals surface area contributed by atoms with Gasteiger partial charge in [-0.3, -0.25) is 4.79 Å². The quantitative estimate of drug-likeness (QED) is 0.111. The van der Waals surface area contributed by atoms with Gasteiger partial charge in [0.25, 0.3) is 0 Å². The van der Waals surface area contributed by atoms with Crippen molar-refractivity contribution in [1.82, 2.24) is 0 Å². The molecule has 1 fully saturated rings. The summed E-state index contributed by atoms with van der Waals surface area (Å²) in [6.07, 6.45) is 14.0. The van der Waals surface area contributed by atoms with Crippen molar-refractivity contribution < 1.29 is 23.8 Å². The van der Waals surface area contributed by atoms with Crippen LogP contribution in [0.3, 0.4) is 0 Å². The number of rotatable bonds is 16. The van der Waals surface area contributed by atoms with E-state index in [4.69, 9.17) is 14.2 Å². The second kappa shape index (κ2) is 16.5. The number of ether oxygens (including phenoxy) is 3. The van der Waals surface area contributed by atoms with Gasteiger partial charge in [0.15, 0.2) is 0 Å². The molecule has 0 aliphatic heterocycles. The first-order chi connectivity index (χ1) is 16.6. The van der Waals surface area contributed by atoms with Gasteiger partial charge in [-0.25, -0.2) is 4.79 Å². The molecule has 0 aromatic heterocycles. The fraction of sp³-hybridized carbons (Fsp3) is 0.655. The van der Waals surface area contributed by atoms with Crippen LogP contribution >= 0.6 is 0 Å². The Labute approximate surface area is 206 Å². The third-order valence-corrected chi connectivity index (χ3v) is 6.67. The molecule has 1 unspecified atom stereocenters. The summed E-state index contributed by atoms with van der Waals surface area (Å²) in [5, 5.41) is 0. The van der Waals surface area contributed by atoms with Crippen LogP contribution in [0.5, 0.6) is 5.75 Å². The Balaban J connectivity index is 1.71. The maximum absolute atomic E-state index is 12.7. The van der Waals surface area contributed by atoms with E-state index >= 15 is 0 Å². The number of benzene rings is 1. The van der Waals surface area contributed by atoms with Crippen molar-refractivity contribution in [2.45, 2.75) is 103 Å². The number of unbranched alkanes of at least 4 members (excludes halogenated alkanes) is 3. The first-order valence-electron chi connectivity index (χ1n) is 13.3. The molecule has 0 bridgehead atoms. The van der Waals surface area contributed by atoms with E-state index in [1.165, 1.54) is 50.5 Å². The van der Waals surface area contributed by atoms with Gasteiger partial charge in [-0.2, -0.15) is 0 Å². The Bertz CT molecular complexity index is 719. The lowest BCUT2D eigenvalue weighted by molar-refractivity contribution is -0.141. The van der Waals surface area contributed by atoms with E-state index in [0.29, 0.717) is 31.3 Å². The molecule has 1 aromatic carbocycles. The van der Waals surface area contributed by atoms with E-state index in [0.717, 1.165) is 31.8 Å². The fourth-order valence-electron chi connectivity index (χ4n) is 4.66. The molecule has 1 atom stereocenters. The third kappa shape index (κ3) is 10.4. The van der Waals surface area contributed by atoms with Gasteiger partial charge in [-0.15, -0.1) is 0 Å². The molecule has 0 spiro atoms. The Kier molecular flexibility index (Phi) is 13.6. The monoisotopic (exact) mass is 472 g/mol. The van der Waals surface area contributed by atoms with Crippen LogP contribution in [-0.4, -0.2) is 31.3 Å². The van der Waals surface area contributed by atoms with Gasteiger partial charge in [0.2, 0.25) is 0 Å². The van der Waals surface area contributed by atoms with Crippen molar-refractivity contribution in [1.29, 1.82) is 0 Å². The molecular weight excluding hydrogens is 428 g/mol. The summed E-state index contributed by atoms with van der Waals surface area (Å²) in [5.41, 5.74) is 1.36. The van der Waals surface area contributed by atoms with E-state index in [9.17, 15) is 9.59 Å². The van der Waals surface area contributed by atoms with Gasteiger partial charge < -0.3 is 14.2 Å². The highest BCUT2D eigenvalue weighted by molar-refractivity contribution is 5.81. The van der Waals surface area contributed by atoms with Crippen molar-refractivity contribution in [2.75, 3.05) is 13.2 Å². The number of hydrogen-bond acceptors (Lipinski definition) is 5. The Hall–Kier alpha value is -2.14. The van der Waals surface area contributed by atoms with Crippen molar-refractivity contribution >= 4 is 11.9 Å². The number of carbonyl (C=O) groups is 2. The fourth-order valence-corrected chi connectivity index (χ4v) is 4.66. The highest BCUT2D eigenvalue weighted by Crippen LogP contribution is 2.31. The minimum absolute atomic E-state index is 0.0699. The molecule has 5 heteroatoms. The lowest BCUT2D eigenvalue weighted by Crippen LogP contribution is -2.29. The predicted molar refractivity (Wildman–Crippen MR) is 136 cm³/mol. The molecular formula is C29H44O5. The summed E-state index contributed by atoms with van der Waals surface area (Å²) in [4.78, 5) is 23.7. The average molecular weight is 473 g/mol. The first kappa shape index (κ1) is 28.1. The van der Waals surface area contributed by atoms with E-state index in [-0.39, 0.29) is 18.0 Å². The van der Waals surface area contributed by atoms with Gasteiger partial charge in [0.05, 0.1) is 25.2 Å². The molecule has 0 N–H and O–H groups in total. The largest absolute Gasteiger partial charge is 0.462 e. The van der Waals surface area contributed by atoms with E-state index in [2.05, 4.69) is 32.6 Å². The Morgan fingerprint density at radius 3 is 2.32 bits per heavy atom. The SMILES string of the molecule is C=CC(=O)OCCCOC1CCC(C(=O)Oc2ccc(C(CCC)CCCCCC)cc2)CC1. The van der Waals surface area contributed by atoms with Crippen LogP contribution in [-0.2, 0) is 19.1 Å². The molecule has 34 heavy (non-hydrogen) atoms. The van der Waals surface area contributed by atoms with E-state index in [1.54, 1.807) is 0 Å². The van der Waals surface area contributed by atoms with Crippen LogP contribution in [0.25, 0.3) is 0 Å². The van der Waals surface area contributed by atoms with Crippen molar-refractivity contribution in [3.05, 3.63) is 42.5 Å². The molecule has 1 aliphatic rings. The molecule has 5 nitrogen and oxygen atoms in total. The molecule has 1 aromatic rings. The maximum Gasteiger partial charge on any atom is 0.330 e. The Morgan fingerprint density at radius 1 is 0.941 bits per heavy atom. The highest BCUT2D eigenvalue weighted by atomic mass is 16.5. The lowest BCUT2D eigenvalue weighted by atomic mass is 9.87. The molecule has 2 rings (SSSR count). The van der Waals surface area contributed by atoms with E-state index < -0.39 is 5.97 Å². The van der Waals surface area contributed by atoms with Crippen LogP contribution in [0.2, 0.25) is 0 Å². The first-order valence-corrected chi connectivity index (χ1v) is 13.3. The van der Waals surface area contributed by atoms with Gasteiger partial charge in [-0.05, 0) is 62.1 Å². The van der Waals surface area contributed by atoms with Gasteiger partial charge >= 0.3 is 11.9 Å². The zero-order valence-corrected chi connectivity index (χ0v) is 21.3. The van der Waals surface area contributed by atoms with Crippen LogP contribution in [0, 0.1) is 5.92 Å². The Morgan fingerprint density at radius 2 is 1.68 bits per heavy atom. The van der Waals surface area contributed by atoms with Crippen LogP contribution in [0.15, 0.2) is 36.9 Å². The lowest BCUT2D eigenvalue weighted by Gasteiger charge is -2.27. The summed E-state index contributed by atoms with van der Waals surface area (Å²) in [5.74, 6) is 0.627. The zero-order chi connectivity index (χ0) is 24.6. The zero-order valence-electron chi connectivity index (χ0n) is 21.3. The molecule has 1 aliphatic carbocycles.